The van der Waals surface area contributed by atoms with Gasteiger partial charge in [0.05, 0.1) is 21.3 Å². The fourth-order valence-corrected chi connectivity index (χ4v) is 3.96. The quantitative estimate of drug-likeness (QED) is 0.484. The molecule has 1 atom stereocenters. The van der Waals surface area contributed by atoms with Crippen LogP contribution in [0.2, 0.25) is 0 Å². The molecule has 8 nitrogen and oxygen atoms in total. The van der Waals surface area contributed by atoms with Gasteiger partial charge < -0.3 is 29.0 Å². The molecule has 34 heavy (non-hydrogen) atoms. The number of rotatable bonds is 6. The predicted molar refractivity (Wildman–Crippen MR) is 129 cm³/mol. The van der Waals surface area contributed by atoms with Crippen molar-refractivity contribution in [2.45, 2.75) is 58.5 Å². The summed E-state index contributed by atoms with van der Waals surface area (Å²) in [5.74, 6) is 1.76. The van der Waals surface area contributed by atoms with Crippen LogP contribution in [0.25, 0.3) is 0 Å². The number of aryl methyl sites for hydroxylation is 1. The average Bonchev–Trinajstić information content (AvgIpc) is 2.76. The first-order valence-corrected chi connectivity index (χ1v) is 11.1. The maximum absolute atomic E-state index is 13.3. The van der Waals surface area contributed by atoms with E-state index in [2.05, 4.69) is 5.32 Å². The van der Waals surface area contributed by atoms with Crippen LogP contribution in [0.3, 0.4) is 0 Å². The van der Waals surface area contributed by atoms with Crippen LogP contribution in [0.4, 0.5) is 5.69 Å². The minimum atomic E-state index is -1.11. The molecule has 1 amide bonds. The van der Waals surface area contributed by atoms with E-state index in [1.807, 2.05) is 32.9 Å². The maximum Gasteiger partial charge on any atom is 0.308 e. The van der Waals surface area contributed by atoms with Gasteiger partial charge in [0.15, 0.2) is 17.1 Å². The molecule has 0 saturated heterocycles. The molecule has 2 aromatic rings. The molecule has 184 valence electrons. The lowest BCUT2D eigenvalue weighted by Gasteiger charge is -2.36. The van der Waals surface area contributed by atoms with E-state index < -0.39 is 5.60 Å². The van der Waals surface area contributed by atoms with E-state index >= 15 is 0 Å². The topological polar surface area (TPSA) is 92.3 Å². The lowest BCUT2D eigenvalue weighted by atomic mass is 9.83. The summed E-state index contributed by atoms with van der Waals surface area (Å²) in [5, 5.41) is 2.92. The van der Waals surface area contributed by atoms with E-state index in [4.69, 9.17) is 23.7 Å². The van der Waals surface area contributed by atoms with E-state index in [0.29, 0.717) is 47.3 Å². The molecule has 0 aromatic heterocycles. The molecule has 0 spiro atoms. The number of benzene rings is 2. The number of amides is 1. The molecule has 0 saturated carbocycles. The summed E-state index contributed by atoms with van der Waals surface area (Å²) in [6.07, 6.45) is 1.04. The predicted octanol–water partition coefficient (Wildman–Crippen LogP) is 4.66. The Morgan fingerprint density at radius 2 is 1.59 bits per heavy atom. The van der Waals surface area contributed by atoms with Gasteiger partial charge in [-0.3, -0.25) is 9.59 Å². The second-order valence-corrected chi connectivity index (χ2v) is 9.50. The highest BCUT2D eigenvalue weighted by Crippen LogP contribution is 2.43. The number of carbonyl (C=O) groups is 2. The first kappa shape index (κ1) is 25.2. The summed E-state index contributed by atoms with van der Waals surface area (Å²) in [6.45, 7) is 9.23. The summed E-state index contributed by atoms with van der Waals surface area (Å²) >= 11 is 0. The first-order chi connectivity index (χ1) is 15.9. The van der Waals surface area contributed by atoms with Crippen molar-refractivity contribution < 1.29 is 33.3 Å². The minimum absolute atomic E-state index is 0.296. The fourth-order valence-electron chi connectivity index (χ4n) is 3.96. The van der Waals surface area contributed by atoms with Crippen LogP contribution in [0.5, 0.6) is 28.7 Å². The molecule has 3 rings (SSSR count). The number of fused-ring (bicyclic) bond motifs is 1. The number of anilines is 1. The molecular formula is C26H33NO7. The van der Waals surface area contributed by atoms with Crippen LogP contribution in [-0.2, 0) is 21.4 Å². The van der Waals surface area contributed by atoms with Gasteiger partial charge in [0.1, 0.15) is 11.5 Å². The molecule has 1 unspecified atom stereocenters. The highest BCUT2D eigenvalue weighted by molar-refractivity contribution is 5.98. The molecule has 0 aliphatic carbocycles. The third-order valence-electron chi connectivity index (χ3n) is 5.83. The van der Waals surface area contributed by atoms with E-state index in [-0.39, 0.29) is 17.3 Å². The van der Waals surface area contributed by atoms with Crippen LogP contribution >= 0.6 is 0 Å². The molecule has 1 N–H and O–H groups in total. The SMILES string of the molecule is COc1cc(NC(=O)C2(C)CCc3cc(OC(C)=O)c(C(C)(C)C)cc3O2)cc(OC)c1OC. The van der Waals surface area contributed by atoms with Crippen LogP contribution in [0.1, 0.15) is 52.2 Å². The van der Waals surface area contributed by atoms with Gasteiger partial charge in [-0.2, -0.15) is 0 Å². The second-order valence-electron chi connectivity index (χ2n) is 9.50. The van der Waals surface area contributed by atoms with Crippen molar-refractivity contribution in [2.24, 2.45) is 0 Å². The van der Waals surface area contributed by atoms with Gasteiger partial charge in [-0.1, -0.05) is 20.8 Å². The smallest absolute Gasteiger partial charge is 0.308 e. The Bertz CT molecular complexity index is 1080. The third-order valence-corrected chi connectivity index (χ3v) is 5.83. The van der Waals surface area contributed by atoms with E-state index in [0.717, 1.165) is 11.1 Å². The van der Waals surface area contributed by atoms with Crippen molar-refractivity contribution in [3.63, 3.8) is 0 Å². The van der Waals surface area contributed by atoms with Gasteiger partial charge in [-0.05, 0) is 36.5 Å². The molecular weight excluding hydrogens is 438 g/mol. The highest BCUT2D eigenvalue weighted by Gasteiger charge is 2.40. The summed E-state index contributed by atoms with van der Waals surface area (Å²) in [5.41, 5.74) is 0.815. The number of methoxy groups -OCH3 is 3. The monoisotopic (exact) mass is 471 g/mol. The van der Waals surface area contributed by atoms with E-state index in [1.54, 1.807) is 19.1 Å². The van der Waals surface area contributed by atoms with Crippen molar-refractivity contribution in [3.8, 4) is 28.7 Å². The summed E-state index contributed by atoms with van der Waals surface area (Å²) < 4.78 is 27.8. The van der Waals surface area contributed by atoms with E-state index in [9.17, 15) is 9.59 Å². The van der Waals surface area contributed by atoms with Gasteiger partial charge >= 0.3 is 5.97 Å². The third kappa shape index (κ3) is 5.05. The lowest BCUT2D eigenvalue weighted by molar-refractivity contribution is -0.132. The zero-order chi connectivity index (χ0) is 25.3. The van der Waals surface area contributed by atoms with Crippen molar-refractivity contribution in [3.05, 3.63) is 35.4 Å². The first-order valence-electron chi connectivity index (χ1n) is 11.1. The van der Waals surface area contributed by atoms with Gasteiger partial charge in [-0.25, -0.2) is 0 Å². The number of hydrogen-bond acceptors (Lipinski definition) is 7. The van der Waals surface area contributed by atoms with Crippen molar-refractivity contribution in [2.75, 3.05) is 26.6 Å². The van der Waals surface area contributed by atoms with Crippen LogP contribution in [0, 0.1) is 0 Å². The Balaban J connectivity index is 1.91. The van der Waals surface area contributed by atoms with Crippen LogP contribution in [0.15, 0.2) is 24.3 Å². The number of nitrogens with one attached hydrogen (secondary N) is 1. The van der Waals surface area contributed by atoms with Crippen molar-refractivity contribution >= 4 is 17.6 Å². The fraction of sp³-hybridized carbons (Fsp3) is 0.462. The number of carbonyl (C=O) groups excluding carboxylic acids is 2. The molecule has 8 heteroatoms. The van der Waals surface area contributed by atoms with Gasteiger partial charge in [0, 0.05) is 36.7 Å². The van der Waals surface area contributed by atoms with Gasteiger partial charge in [0.25, 0.3) is 5.91 Å². The average molecular weight is 472 g/mol. The zero-order valence-corrected chi connectivity index (χ0v) is 21.1. The molecule has 0 fully saturated rings. The van der Waals surface area contributed by atoms with Gasteiger partial charge in [-0.15, -0.1) is 0 Å². The van der Waals surface area contributed by atoms with Crippen molar-refractivity contribution in [1.29, 1.82) is 0 Å². The van der Waals surface area contributed by atoms with E-state index in [1.165, 1.54) is 28.3 Å². The van der Waals surface area contributed by atoms with Crippen LogP contribution in [-0.4, -0.2) is 38.8 Å². The molecule has 0 radical (unpaired) electrons. The molecule has 2 aromatic carbocycles. The van der Waals surface area contributed by atoms with Gasteiger partial charge in [0.2, 0.25) is 5.75 Å². The summed E-state index contributed by atoms with van der Waals surface area (Å²) in [4.78, 5) is 25.0. The second kappa shape index (κ2) is 9.44. The number of esters is 1. The number of hydrogen-bond donors (Lipinski definition) is 1. The largest absolute Gasteiger partial charge is 0.493 e. The molecule has 1 aliphatic rings. The molecule has 1 aliphatic heterocycles. The summed E-state index contributed by atoms with van der Waals surface area (Å²) in [7, 11) is 4.55. The Morgan fingerprint density at radius 1 is 0.971 bits per heavy atom. The maximum atomic E-state index is 13.3. The zero-order valence-electron chi connectivity index (χ0n) is 21.1. The lowest BCUT2D eigenvalue weighted by Crippen LogP contribution is -2.47. The normalized spacial score (nSPS) is 17.2. The minimum Gasteiger partial charge on any atom is -0.493 e. The Kier molecular flexibility index (Phi) is 7.00. The Hall–Kier alpha value is -3.42. The number of ether oxygens (including phenoxy) is 5. The van der Waals surface area contributed by atoms with Crippen LogP contribution < -0.4 is 29.0 Å². The molecule has 0 bridgehead atoms. The van der Waals surface area contributed by atoms with Crippen molar-refractivity contribution in [1.82, 2.24) is 0 Å². The Morgan fingerprint density at radius 3 is 2.09 bits per heavy atom. The molecule has 1 heterocycles. The standard InChI is InChI=1S/C26H33NO7/c1-15(28)33-20-11-16-9-10-26(5,34-19(16)14-18(20)25(2,3)4)24(29)27-17-12-21(30-6)23(32-8)22(13-17)31-7/h11-14H,9-10H2,1-8H3,(H,27,29). The summed E-state index contributed by atoms with van der Waals surface area (Å²) in [6, 6.07) is 7.05. The highest BCUT2D eigenvalue weighted by atomic mass is 16.5. The Labute approximate surface area is 200 Å².